The van der Waals surface area contributed by atoms with Gasteiger partial charge in [-0.15, -0.1) is 10.2 Å². The first-order valence-electron chi connectivity index (χ1n) is 5.03. The standard InChI is InChI=1S/C11H8BrFN2O/c12-9-4-3-7(13)5-8(9)11-15-14-10(16-11)6-1-2-6/h3-6H,1-2H2. The Morgan fingerprint density at radius 1 is 1.31 bits per heavy atom. The molecule has 0 atom stereocenters. The second kappa shape index (κ2) is 3.66. The predicted octanol–water partition coefficient (Wildman–Crippen LogP) is 3.52. The largest absolute Gasteiger partial charge is 0.420 e. The van der Waals surface area contributed by atoms with Crippen molar-refractivity contribution in [2.75, 3.05) is 0 Å². The third kappa shape index (κ3) is 1.75. The fourth-order valence-corrected chi connectivity index (χ4v) is 1.92. The van der Waals surface area contributed by atoms with Crippen molar-refractivity contribution in [2.45, 2.75) is 18.8 Å². The summed E-state index contributed by atoms with van der Waals surface area (Å²) in [6.07, 6.45) is 2.21. The van der Waals surface area contributed by atoms with Crippen LogP contribution in [0, 0.1) is 5.82 Å². The average molecular weight is 283 g/mol. The molecule has 0 radical (unpaired) electrons. The van der Waals surface area contributed by atoms with Gasteiger partial charge in [0.05, 0.1) is 5.56 Å². The predicted molar refractivity (Wildman–Crippen MR) is 59.4 cm³/mol. The lowest BCUT2D eigenvalue weighted by Crippen LogP contribution is -1.82. The lowest BCUT2D eigenvalue weighted by molar-refractivity contribution is 0.507. The highest BCUT2D eigenvalue weighted by Gasteiger charge is 2.29. The Labute approximate surface area is 99.8 Å². The number of benzene rings is 1. The second-order valence-electron chi connectivity index (χ2n) is 3.84. The van der Waals surface area contributed by atoms with E-state index in [4.69, 9.17) is 4.42 Å². The van der Waals surface area contributed by atoms with E-state index in [-0.39, 0.29) is 5.82 Å². The highest BCUT2D eigenvalue weighted by atomic mass is 79.9. The van der Waals surface area contributed by atoms with Crippen molar-refractivity contribution in [3.05, 3.63) is 34.4 Å². The fourth-order valence-electron chi connectivity index (χ4n) is 1.50. The molecule has 1 aliphatic carbocycles. The Morgan fingerprint density at radius 3 is 2.88 bits per heavy atom. The smallest absolute Gasteiger partial charge is 0.248 e. The number of hydrogen-bond donors (Lipinski definition) is 0. The summed E-state index contributed by atoms with van der Waals surface area (Å²) in [5, 5.41) is 7.90. The summed E-state index contributed by atoms with van der Waals surface area (Å²) in [5.41, 5.74) is 0.597. The third-order valence-electron chi connectivity index (χ3n) is 2.53. The fraction of sp³-hybridized carbons (Fsp3) is 0.273. The van der Waals surface area contributed by atoms with Crippen LogP contribution < -0.4 is 0 Å². The van der Waals surface area contributed by atoms with Crippen LogP contribution in [0.3, 0.4) is 0 Å². The Hall–Kier alpha value is -1.23. The van der Waals surface area contributed by atoms with Crippen LogP contribution >= 0.6 is 15.9 Å². The summed E-state index contributed by atoms with van der Waals surface area (Å²) < 4.78 is 19.4. The van der Waals surface area contributed by atoms with Gasteiger partial charge in [0.2, 0.25) is 11.8 Å². The lowest BCUT2D eigenvalue weighted by atomic mass is 10.2. The molecule has 0 spiro atoms. The molecule has 0 amide bonds. The van der Waals surface area contributed by atoms with Crippen molar-refractivity contribution < 1.29 is 8.81 Å². The van der Waals surface area contributed by atoms with Crippen LogP contribution in [0.1, 0.15) is 24.7 Å². The van der Waals surface area contributed by atoms with Crippen LogP contribution in [0.5, 0.6) is 0 Å². The highest BCUT2D eigenvalue weighted by molar-refractivity contribution is 9.10. The van der Waals surface area contributed by atoms with Gasteiger partial charge in [0.25, 0.3) is 0 Å². The number of halogens is 2. The number of nitrogens with zero attached hydrogens (tertiary/aromatic N) is 2. The lowest BCUT2D eigenvalue weighted by Gasteiger charge is -1.98. The summed E-state index contributed by atoms with van der Waals surface area (Å²) in [7, 11) is 0. The molecule has 3 nitrogen and oxygen atoms in total. The first kappa shape index (κ1) is 9.96. The molecule has 5 heteroatoms. The van der Waals surface area contributed by atoms with E-state index in [1.807, 2.05) is 0 Å². The molecular formula is C11H8BrFN2O. The zero-order valence-electron chi connectivity index (χ0n) is 8.28. The van der Waals surface area contributed by atoms with E-state index in [1.54, 1.807) is 6.07 Å². The topological polar surface area (TPSA) is 38.9 Å². The minimum absolute atomic E-state index is 0.315. The Morgan fingerprint density at radius 2 is 2.12 bits per heavy atom. The summed E-state index contributed by atoms with van der Waals surface area (Å²) in [6.45, 7) is 0. The van der Waals surface area contributed by atoms with Gasteiger partial charge in [0, 0.05) is 10.4 Å². The molecule has 3 rings (SSSR count). The van der Waals surface area contributed by atoms with E-state index >= 15 is 0 Å². The van der Waals surface area contributed by atoms with Gasteiger partial charge in [-0.25, -0.2) is 4.39 Å². The molecule has 0 aliphatic heterocycles. The van der Waals surface area contributed by atoms with Crippen molar-refractivity contribution in [2.24, 2.45) is 0 Å². The molecule has 1 aromatic heterocycles. The first-order chi connectivity index (χ1) is 7.74. The van der Waals surface area contributed by atoms with Crippen molar-refractivity contribution >= 4 is 15.9 Å². The molecule has 1 saturated carbocycles. The molecular weight excluding hydrogens is 275 g/mol. The van der Waals surface area contributed by atoms with E-state index in [0.717, 1.165) is 17.3 Å². The summed E-state index contributed by atoms with van der Waals surface area (Å²) >= 11 is 3.33. The molecule has 82 valence electrons. The van der Waals surface area contributed by atoms with Crippen molar-refractivity contribution in [1.29, 1.82) is 0 Å². The van der Waals surface area contributed by atoms with Crippen LogP contribution in [-0.4, -0.2) is 10.2 Å². The summed E-state index contributed by atoms with van der Waals surface area (Å²) in [5.74, 6) is 1.12. The minimum Gasteiger partial charge on any atom is -0.420 e. The van der Waals surface area contributed by atoms with E-state index in [1.165, 1.54) is 12.1 Å². The van der Waals surface area contributed by atoms with Crippen molar-refractivity contribution in [3.8, 4) is 11.5 Å². The molecule has 0 unspecified atom stereocenters. The number of aromatic nitrogens is 2. The maximum absolute atomic E-state index is 13.1. The Balaban J connectivity index is 2.03. The first-order valence-corrected chi connectivity index (χ1v) is 5.82. The van der Waals surface area contributed by atoms with Crippen LogP contribution in [-0.2, 0) is 0 Å². The van der Waals surface area contributed by atoms with Gasteiger partial charge in [-0.3, -0.25) is 0 Å². The molecule has 1 aromatic carbocycles. The molecule has 0 saturated heterocycles. The zero-order valence-corrected chi connectivity index (χ0v) is 9.87. The van der Waals surface area contributed by atoms with Gasteiger partial charge in [0.15, 0.2) is 0 Å². The molecule has 1 fully saturated rings. The van der Waals surface area contributed by atoms with E-state index in [2.05, 4.69) is 26.1 Å². The Bertz CT molecular complexity index is 537. The van der Waals surface area contributed by atoms with Crippen LogP contribution in [0.4, 0.5) is 4.39 Å². The van der Waals surface area contributed by atoms with E-state index < -0.39 is 0 Å². The molecule has 0 bridgehead atoms. The van der Waals surface area contributed by atoms with Gasteiger partial charge in [-0.2, -0.15) is 0 Å². The van der Waals surface area contributed by atoms with Gasteiger partial charge in [-0.1, -0.05) is 0 Å². The van der Waals surface area contributed by atoms with Gasteiger partial charge in [-0.05, 0) is 47.0 Å². The molecule has 2 aromatic rings. The third-order valence-corrected chi connectivity index (χ3v) is 3.22. The van der Waals surface area contributed by atoms with Gasteiger partial charge < -0.3 is 4.42 Å². The maximum Gasteiger partial charge on any atom is 0.248 e. The molecule has 1 heterocycles. The van der Waals surface area contributed by atoms with E-state index in [9.17, 15) is 4.39 Å². The normalized spacial score (nSPS) is 15.4. The van der Waals surface area contributed by atoms with Crippen LogP contribution in [0.2, 0.25) is 0 Å². The van der Waals surface area contributed by atoms with Gasteiger partial charge >= 0.3 is 0 Å². The SMILES string of the molecule is Fc1ccc(Br)c(-c2nnc(C3CC3)o2)c1. The van der Waals surface area contributed by atoms with Crippen LogP contribution in [0.25, 0.3) is 11.5 Å². The zero-order chi connectivity index (χ0) is 11.1. The maximum atomic E-state index is 13.1. The number of hydrogen-bond acceptors (Lipinski definition) is 3. The van der Waals surface area contributed by atoms with Crippen molar-refractivity contribution in [1.82, 2.24) is 10.2 Å². The highest BCUT2D eigenvalue weighted by Crippen LogP contribution is 2.40. The van der Waals surface area contributed by atoms with Crippen molar-refractivity contribution in [3.63, 3.8) is 0 Å². The molecule has 1 aliphatic rings. The van der Waals surface area contributed by atoms with E-state index in [0.29, 0.717) is 23.3 Å². The van der Waals surface area contributed by atoms with Crippen LogP contribution in [0.15, 0.2) is 27.1 Å². The summed E-state index contributed by atoms with van der Waals surface area (Å²) in [4.78, 5) is 0. The molecule has 0 N–H and O–H groups in total. The minimum atomic E-state index is -0.315. The second-order valence-corrected chi connectivity index (χ2v) is 4.70. The summed E-state index contributed by atoms with van der Waals surface area (Å²) in [6, 6.07) is 4.39. The quantitative estimate of drug-likeness (QED) is 0.846. The average Bonchev–Trinajstić information content (AvgIpc) is 3.01. The Kier molecular flexibility index (Phi) is 2.28. The monoisotopic (exact) mass is 282 g/mol. The number of rotatable bonds is 2. The molecule has 16 heavy (non-hydrogen) atoms. The van der Waals surface area contributed by atoms with Gasteiger partial charge in [0.1, 0.15) is 5.82 Å².